The van der Waals surface area contributed by atoms with Gasteiger partial charge < -0.3 is 5.32 Å². The van der Waals surface area contributed by atoms with Crippen molar-refractivity contribution in [3.05, 3.63) is 33.1 Å². The highest BCUT2D eigenvalue weighted by molar-refractivity contribution is 8.00. The molecule has 0 atom stereocenters. The predicted molar refractivity (Wildman–Crippen MR) is 86.2 cm³/mol. The van der Waals surface area contributed by atoms with Crippen LogP contribution in [0.2, 0.25) is 0 Å². The van der Waals surface area contributed by atoms with Gasteiger partial charge in [-0.1, -0.05) is 6.92 Å². The first-order chi connectivity index (χ1) is 10.5. The Bertz CT molecular complexity index is 825. The SMILES string of the molecule is CCCNC(=O)CSc1ccnc2c1c(=O)n(C)c(=O)n2C. The molecule has 2 rings (SSSR count). The van der Waals surface area contributed by atoms with E-state index in [1.165, 1.54) is 29.6 Å². The number of hydrogen-bond acceptors (Lipinski definition) is 5. The van der Waals surface area contributed by atoms with Gasteiger partial charge in [0, 0.05) is 31.7 Å². The molecule has 8 heteroatoms. The van der Waals surface area contributed by atoms with E-state index in [0.717, 1.165) is 11.0 Å². The van der Waals surface area contributed by atoms with E-state index in [0.29, 0.717) is 22.5 Å². The molecule has 0 aromatic carbocycles. The molecule has 0 radical (unpaired) electrons. The maximum absolute atomic E-state index is 12.3. The Hall–Kier alpha value is -2.09. The third-order valence-electron chi connectivity index (χ3n) is 3.23. The van der Waals surface area contributed by atoms with Gasteiger partial charge in [0.1, 0.15) is 5.65 Å². The summed E-state index contributed by atoms with van der Waals surface area (Å²) >= 11 is 1.27. The molecule has 1 amide bonds. The van der Waals surface area contributed by atoms with Crippen LogP contribution in [0, 0.1) is 0 Å². The number of amides is 1. The smallest absolute Gasteiger partial charge is 0.332 e. The van der Waals surface area contributed by atoms with Crippen molar-refractivity contribution in [3.63, 3.8) is 0 Å². The van der Waals surface area contributed by atoms with Crippen LogP contribution in [-0.4, -0.2) is 32.3 Å². The molecule has 0 aliphatic carbocycles. The van der Waals surface area contributed by atoms with E-state index in [4.69, 9.17) is 0 Å². The number of aryl methyl sites for hydroxylation is 1. The van der Waals surface area contributed by atoms with Crippen LogP contribution in [0.25, 0.3) is 11.0 Å². The second-order valence-corrected chi connectivity index (χ2v) is 5.87. The molecule has 0 unspecified atom stereocenters. The highest BCUT2D eigenvalue weighted by Crippen LogP contribution is 2.23. The minimum absolute atomic E-state index is 0.0848. The molecule has 0 bridgehead atoms. The molecule has 2 aromatic rings. The standard InChI is InChI=1S/C14H18N4O3S/c1-4-6-15-10(19)8-22-9-5-7-16-12-11(9)13(20)18(3)14(21)17(12)2/h5,7H,4,6,8H2,1-3H3,(H,15,19). The van der Waals surface area contributed by atoms with Crippen LogP contribution >= 0.6 is 11.8 Å². The van der Waals surface area contributed by atoms with E-state index in [1.54, 1.807) is 13.1 Å². The largest absolute Gasteiger partial charge is 0.355 e. The Morgan fingerprint density at radius 1 is 1.32 bits per heavy atom. The number of carbonyl (C=O) groups is 1. The fraction of sp³-hybridized carbons (Fsp3) is 0.429. The van der Waals surface area contributed by atoms with Crippen LogP contribution in [0.1, 0.15) is 13.3 Å². The Balaban J connectivity index is 2.42. The van der Waals surface area contributed by atoms with E-state index in [2.05, 4.69) is 10.3 Å². The van der Waals surface area contributed by atoms with Gasteiger partial charge in [0.2, 0.25) is 5.91 Å². The van der Waals surface area contributed by atoms with E-state index in [-0.39, 0.29) is 11.7 Å². The van der Waals surface area contributed by atoms with E-state index in [1.807, 2.05) is 6.92 Å². The quantitative estimate of drug-likeness (QED) is 0.798. The molecule has 22 heavy (non-hydrogen) atoms. The van der Waals surface area contributed by atoms with Gasteiger partial charge >= 0.3 is 5.69 Å². The van der Waals surface area contributed by atoms with Crippen molar-refractivity contribution in [1.82, 2.24) is 19.4 Å². The average molecular weight is 322 g/mol. The van der Waals surface area contributed by atoms with Crippen LogP contribution in [0.3, 0.4) is 0 Å². The summed E-state index contributed by atoms with van der Waals surface area (Å²) in [4.78, 5) is 40.7. The number of carbonyl (C=O) groups excluding carboxylic acids is 1. The lowest BCUT2D eigenvalue weighted by Crippen LogP contribution is -2.37. The minimum atomic E-state index is -0.423. The summed E-state index contributed by atoms with van der Waals surface area (Å²) in [5, 5.41) is 3.14. The zero-order valence-corrected chi connectivity index (χ0v) is 13.6. The summed E-state index contributed by atoms with van der Waals surface area (Å²) < 4.78 is 2.38. The number of nitrogens with zero attached hydrogens (tertiary/aromatic N) is 3. The molecule has 0 saturated heterocycles. The minimum Gasteiger partial charge on any atom is -0.355 e. The number of rotatable bonds is 5. The van der Waals surface area contributed by atoms with E-state index >= 15 is 0 Å². The molecule has 118 valence electrons. The monoisotopic (exact) mass is 322 g/mol. The molecule has 0 saturated carbocycles. The molecular weight excluding hydrogens is 304 g/mol. The number of pyridine rings is 1. The van der Waals surface area contributed by atoms with Crippen molar-refractivity contribution in [2.45, 2.75) is 18.2 Å². The Morgan fingerprint density at radius 3 is 2.73 bits per heavy atom. The highest BCUT2D eigenvalue weighted by Gasteiger charge is 2.14. The zero-order valence-electron chi connectivity index (χ0n) is 12.8. The first-order valence-electron chi connectivity index (χ1n) is 6.91. The maximum Gasteiger partial charge on any atom is 0.332 e. The highest BCUT2D eigenvalue weighted by atomic mass is 32.2. The second-order valence-electron chi connectivity index (χ2n) is 4.85. The average Bonchev–Trinajstić information content (AvgIpc) is 2.53. The summed E-state index contributed by atoms with van der Waals surface area (Å²) in [5.74, 6) is 0.129. The number of aromatic nitrogens is 3. The number of fused-ring (bicyclic) bond motifs is 1. The summed E-state index contributed by atoms with van der Waals surface area (Å²) in [6.45, 7) is 2.61. The lowest BCUT2D eigenvalue weighted by Gasteiger charge is -2.10. The van der Waals surface area contributed by atoms with Gasteiger partial charge in [0.25, 0.3) is 5.56 Å². The van der Waals surface area contributed by atoms with Crippen LogP contribution in [-0.2, 0) is 18.9 Å². The molecule has 0 spiro atoms. The molecular formula is C14H18N4O3S. The van der Waals surface area contributed by atoms with Crippen molar-refractivity contribution in [3.8, 4) is 0 Å². The third-order valence-corrected chi connectivity index (χ3v) is 4.29. The summed E-state index contributed by atoms with van der Waals surface area (Å²) in [6, 6.07) is 1.69. The van der Waals surface area contributed by atoms with Gasteiger partial charge in [-0.15, -0.1) is 11.8 Å². The van der Waals surface area contributed by atoms with Gasteiger partial charge in [0.05, 0.1) is 11.1 Å². The van der Waals surface area contributed by atoms with E-state index in [9.17, 15) is 14.4 Å². The van der Waals surface area contributed by atoms with Crippen molar-refractivity contribution >= 4 is 28.7 Å². The molecule has 1 N–H and O–H groups in total. The van der Waals surface area contributed by atoms with Crippen LogP contribution in [0.15, 0.2) is 26.7 Å². The third kappa shape index (κ3) is 3.06. The molecule has 2 aromatic heterocycles. The van der Waals surface area contributed by atoms with Gasteiger partial charge in [-0.3, -0.25) is 18.7 Å². The topological polar surface area (TPSA) is 86.0 Å². The summed E-state index contributed by atoms with van der Waals surface area (Å²) in [7, 11) is 3.00. The van der Waals surface area contributed by atoms with Crippen molar-refractivity contribution in [2.75, 3.05) is 12.3 Å². The lowest BCUT2D eigenvalue weighted by atomic mass is 10.3. The summed E-state index contributed by atoms with van der Waals surface area (Å²) in [6.07, 6.45) is 2.41. The molecule has 0 fully saturated rings. The zero-order chi connectivity index (χ0) is 16.3. The van der Waals surface area contributed by atoms with Gasteiger partial charge in [0.15, 0.2) is 0 Å². The molecule has 2 heterocycles. The number of nitrogens with one attached hydrogen (secondary N) is 1. The van der Waals surface area contributed by atoms with Crippen LogP contribution < -0.4 is 16.6 Å². The molecule has 0 aliphatic rings. The molecule has 7 nitrogen and oxygen atoms in total. The van der Waals surface area contributed by atoms with Crippen molar-refractivity contribution in [1.29, 1.82) is 0 Å². The van der Waals surface area contributed by atoms with Crippen LogP contribution in [0.4, 0.5) is 0 Å². The first kappa shape index (κ1) is 16.3. The number of hydrogen-bond donors (Lipinski definition) is 1. The van der Waals surface area contributed by atoms with Crippen molar-refractivity contribution in [2.24, 2.45) is 14.1 Å². The Kier molecular flexibility index (Phi) is 5.02. The normalized spacial score (nSPS) is 10.9. The van der Waals surface area contributed by atoms with Crippen molar-refractivity contribution < 1.29 is 4.79 Å². The first-order valence-corrected chi connectivity index (χ1v) is 7.90. The predicted octanol–water partition coefficient (Wildman–Crippen LogP) is 0.250. The molecule has 0 aliphatic heterocycles. The van der Waals surface area contributed by atoms with Crippen LogP contribution in [0.5, 0.6) is 0 Å². The fourth-order valence-corrected chi connectivity index (χ4v) is 2.91. The number of thioether (sulfide) groups is 1. The lowest BCUT2D eigenvalue weighted by molar-refractivity contribution is -0.118. The fourth-order valence-electron chi connectivity index (χ4n) is 2.04. The van der Waals surface area contributed by atoms with Gasteiger partial charge in [-0.2, -0.15) is 0 Å². The second kappa shape index (κ2) is 6.78. The maximum atomic E-state index is 12.3. The van der Waals surface area contributed by atoms with Gasteiger partial charge in [-0.05, 0) is 12.5 Å². The Labute approximate surface area is 131 Å². The van der Waals surface area contributed by atoms with Gasteiger partial charge in [-0.25, -0.2) is 9.78 Å². The Morgan fingerprint density at radius 2 is 2.05 bits per heavy atom. The van der Waals surface area contributed by atoms with E-state index < -0.39 is 11.2 Å². The summed E-state index contributed by atoms with van der Waals surface area (Å²) in [5.41, 5.74) is -0.498.